The average Bonchev–Trinajstić information content (AvgIpc) is 2.45. The van der Waals surface area contributed by atoms with E-state index in [1.807, 2.05) is 6.07 Å². The van der Waals surface area contributed by atoms with E-state index in [1.165, 1.54) is 23.9 Å². The van der Waals surface area contributed by atoms with E-state index in [-0.39, 0.29) is 5.69 Å². The Kier molecular flexibility index (Phi) is 4.50. The minimum atomic E-state index is -0.423. The molecule has 106 valence electrons. The van der Waals surface area contributed by atoms with Crippen LogP contribution in [0.4, 0.5) is 5.69 Å². The molecule has 1 heterocycles. The van der Waals surface area contributed by atoms with Crippen LogP contribution in [0.25, 0.3) is 0 Å². The van der Waals surface area contributed by atoms with Gasteiger partial charge in [0.25, 0.3) is 5.69 Å². The quantitative estimate of drug-likeness (QED) is 0.372. The summed E-state index contributed by atoms with van der Waals surface area (Å²) in [4.78, 5) is 18.8. The van der Waals surface area contributed by atoms with Crippen LogP contribution in [0.2, 0.25) is 0 Å². The number of thioether (sulfide) groups is 1. The van der Waals surface area contributed by atoms with Crippen molar-refractivity contribution in [3.8, 4) is 6.07 Å². The summed E-state index contributed by atoms with van der Waals surface area (Å²) in [6, 6.07) is 8.54. The predicted octanol–water partition coefficient (Wildman–Crippen LogP) is 3.17. The molecule has 6 nitrogen and oxygen atoms in total. The van der Waals surface area contributed by atoms with Crippen molar-refractivity contribution in [2.24, 2.45) is 0 Å². The monoisotopic (exact) mass is 300 g/mol. The van der Waals surface area contributed by atoms with Crippen LogP contribution in [-0.4, -0.2) is 14.9 Å². The molecule has 1 aromatic heterocycles. The van der Waals surface area contributed by atoms with Crippen molar-refractivity contribution in [3.63, 3.8) is 0 Å². The molecule has 0 aliphatic rings. The van der Waals surface area contributed by atoms with Crippen LogP contribution in [0.1, 0.15) is 22.6 Å². The zero-order valence-corrected chi connectivity index (χ0v) is 12.3. The van der Waals surface area contributed by atoms with Gasteiger partial charge < -0.3 is 0 Å². The molecule has 0 bridgehead atoms. The third-order valence-electron chi connectivity index (χ3n) is 2.78. The van der Waals surface area contributed by atoms with E-state index in [2.05, 4.69) is 16.0 Å². The van der Waals surface area contributed by atoms with Crippen LogP contribution in [0.3, 0.4) is 0 Å². The summed E-state index contributed by atoms with van der Waals surface area (Å²) < 4.78 is 0. The van der Waals surface area contributed by atoms with Crippen LogP contribution < -0.4 is 0 Å². The molecule has 7 heteroatoms. The SMILES string of the molecule is Cc1nc(C)c(C#N)c(SCc2cccc([N+](=O)[O-])c2)n1. The summed E-state index contributed by atoms with van der Waals surface area (Å²) >= 11 is 1.38. The highest BCUT2D eigenvalue weighted by Crippen LogP contribution is 2.26. The number of nitriles is 1. The molecule has 1 aromatic carbocycles. The molecule has 2 aromatic rings. The maximum absolute atomic E-state index is 10.8. The molecule has 0 unspecified atom stereocenters. The van der Waals surface area contributed by atoms with Gasteiger partial charge in [0.15, 0.2) is 0 Å². The first-order valence-electron chi connectivity index (χ1n) is 6.12. The third kappa shape index (κ3) is 3.55. The second kappa shape index (κ2) is 6.33. The number of nitrogens with zero attached hydrogens (tertiary/aromatic N) is 4. The Balaban J connectivity index is 2.23. The summed E-state index contributed by atoms with van der Waals surface area (Å²) in [7, 11) is 0. The van der Waals surface area contributed by atoms with Crippen molar-refractivity contribution in [2.45, 2.75) is 24.6 Å². The molecular formula is C14H12N4O2S. The van der Waals surface area contributed by atoms with Gasteiger partial charge in [-0.15, -0.1) is 11.8 Å². The molecule has 0 amide bonds. The molecule has 0 fully saturated rings. The predicted molar refractivity (Wildman–Crippen MR) is 78.9 cm³/mol. The Morgan fingerprint density at radius 2 is 2.14 bits per heavy atom. The molecule has 21 heavy (non-hydrogen) atoms. The summed E-state index contributed by atoms with van der Waals surface area (Å²) in [6.07, 6.45) is 0. The number of non-ortho nitro benzene ring substituents is 1. The molecule has 0 saturated heterocycles. The van der Waals surface area contributed by atoms with Crippen molar-refractivity contribution in [2.75, 3.05) is 0 Å². The summed E-state index contributed by atoms with van der Waals surface area (Å²) in [5.41, 5.74) is 1.97. The molecule has 0 aliphatic heterocycles. The fraction of sp³-hybridized carbons (Fsp3) is 0.214. The summed E-state index contributed by atoms with van der Waals surface area (Å²) in [5.74, 6) is 1.11. The van der Waals surface area contributed by atoms with Gasteiger partial charge in [-0.2, -0.15) is 5.26 Å². The number of hydrogen-bond acceptors (Lipinski definition) is 6. The molecule has 0 aliphatic carbocycles. The Morgan fingerprint density at radius 1 is 1.38 bits per heavy atom. The number of benzene rings is 1. The highest BCUT2D eigenvalue weighted by Gasteiger charge is 2.12. The van der Waals surface area contributed by atoms with Crippen LogP contribution in [-0.2, 0) is 5.75 Å². The van der Waals surface area contributed by atoms with E-state index in [9.17, 15) is 15.4 Å². The highest BCUT2D eigenvalue weighted by molar-refractivity contribution is 7.98. The zero-order valence-electron chi connectivity index (χ0n) is 11.5. The fourth-order valence-corrected chi connectivity index (χ4v) is 2.84. The largest absolute Gasteiger partial charge is 0.269 e. The normalized spacial score (nSPS) is 10.1. The highest BCUT2D eigenvalue weighted by atomic mass is 32.2. The smallest absolute Gasteiger partial charge is 0.258 e. The number of nitro groups is 1. The lowest BCUT2D eigenvalue weighted by atomic mass is 10.2. The van der Waals surface area contributed by atoms with Crippen molar-refractivity contribution in [1.82, 2.24) is 9.97 Å². The van der Waals surface area contributed by atoms with Gasteiger partial charge in [0, 0.05) is 17.9 Å². The van der Waals surface area contributed by atoms with Gasteiger partial charge in [-0.3, -0.25) is 10.1 Å². The molecular weight excluding hydrogens is 288 g/mol. The van der Waals surface area contributed by atoms with Crippen LogP contribution in [0.5, 0.6) is 0 Å². The maximum Gasteiger partial charge on any atom is 0.269 e. The van der Waals surface area contributed by atoms with E-state index in [4.69, 9.17) is 0 Å². The second-order valence-electron chi connectivity index (χ2n) is 4.36. The third-order valence-corrected chi connectivity index (χ3v) is 3.82. The molecule has 0 spiro atoms. The number of hydrogen-bond donors (Lipinski definition) is 0. The standard InChI is InChI=1S/C14H12N4O2S/c1-9-13(7-15)14(17-10(2)16-9)21-8-11-4-3-5-12(6-11)18(19)20/h3-6H,8H2,1-2H3. The topological polar surface area (TPSA) is 92.7 Å². The first kappa shape index (κ1) is 14.9. The number of aromatic nitrogens is 2. The number of aryl methyl sites for hydroxylation is 2. The molecule has 2 rings (SSSR count). The Labute approximate surface area is 126 Å². The Morgan fingerprint density at radius 3 is 2.81 bits per heavy atom. The molecule has 0 radical (unpaired) electrons. The summed E-state index contributed by atoms with van der Waals surface area (Å²) in [6.45, 7) is 3.54. The minimum Gasteiger partial charge on any atom is -0.258 e. The molecule has 0 N–H and O–H groups in total. The van der Waals surface area contributed by atoms with Gasteiger partial charge in [0.05, 0.1) is 10.6 Å². The van der Waals surface area contributed by atoms with Gasteiger partial charge in [-0.1, -0.05) is 12.1 Å². The van der Waals surface area contributed by atoms with E-state index in [0.717, 1.165) is 5.56 Å². The lowest BCUT2D eigenvalue weighted by Gasteiger charge is -2.06. The zero-order chi connectivity index (χ0) is 15.4. The number of nitro benzene ring substituents is 1. The van der Waals surface area contributed by atoms with Crippen molar-refractivity contribution >= 4 is 17.4 Å². The van der Waals surface area contributed by atoms with E-state index < -0.39 is 4.92 Å². The molecule has 0 saturated carbocycles. The first-order valence-corrected chi connectivity index (χ1v) is 7.11. The maximum atomic E-state index is 10.8. The van der Waals surface area contributed by atoms with Gasteiger partial charge in [-0.25, -0.2) is 9.97 Å². The summed E-state index contributed by atoms with van der Waals surface area (Å²) in [5, 5.41) is 20.5. The fourth-order valence-electron chi connectivity index (χ4n) is 1.83. The van der Waals surface area contributed by atoms with E-state index in [1.54, 1.807) is 19.9 Å². The number of rotatable bonds is 4. The Hall–Kier alpha value is -2.46. The van der Waals surface area contributed by atoms with E-state index in [0.29, 0.717) is 27.9 Å². The first-order chi connectivity index (χ1) is 10.0. The Bertz CT molecular complexity index is 740. The lowest BCUT2D eigenvalue weighted by Crippen LogP contribution is -1.99. The van der Waals surface area contributed by atoms with Crippen molar-refractivity contribution in [1.29, 1.82) is 5.26 Å². The van der Waals surface area contributed by atoms with E-state index >= 15 is 0 Å². The van der Waals surface area contributed by atoms with Gasteiger partial charge >= 0.3 is 0 Å². The second-order valence-corrected chi connectivity index (χ2v) is 5.33. The lowest BCUT2D eigenvalue weighted by molar-refractivity contribution is -0.384. The van der Waals surface area contributed by atoms with Crippen LogP contribution in [0, 0.1) is 35.3 Å². The van der Waals surface area contributed by atoms with Crippen LogP contribution >= 0.6 is 11.8 Å². The molecule has 0 atom stereocenters. The van der Waals surface area contributed by atoms with Gasteiger partial charge in [0.2, 0.25) is 0 Å². The van der Waals surface area contributed by atoms with Crippen molar-refractivity contribution in [3.05, 3.63) is 57.0 Å². The van der Waals surface area contributed by atoms with Gasteiger partial charge in [0.1, 0.15) is 22.5 Å². The van der Waals surface area contributed by atoms with Crippen molar-refractivity contribution < 1.29 is 4.92 Å². The van der Waals surface area contributed by atoms with Crippen LogP contribution in [0.15, 0.2) is 29.3 Å². The minimum absolute atomic E-state index is 0.0589. The van der Waals surface area contributed by atoms with Gasteiger partial charge in [-0.05, 0) is 19.4 Å². The average molecular weight is 300 g/mol.